The van der Waals surface area contributed by atoms with Crippen molar-refractivity contribution in [1.29, 1.82) is 0 Å². The van der Waals surface area contributed by atoms with Gasteiger partial charge < -0.3 is 19.2 Å². The molecule has 1 heterocycles. The molecule has 0 aliphatic carbocycles. The van der Waals surface area contributed by atoms with Crippen molar-refractivity contribution in [3.8, 4) is 5.75 Å². The second-order valence-corrected chi connectivity index (χ2v) is 5.77. The number of nitrogens with one attached hydrogen (secondary N) is 1. The number of hydrogen-bond donors (Lipinski definition) is 1. The maximum Gasteiger partial charge on any atom is 0.339 e. The summed E-state index contributed by atoms with van der Waals surface area (Å²) in [5, 5.41) is 1.77. The highest BCUT2D eigenvalue weighted by Gasteiger charge is 2.27. The lowest BCUT2D eigenvalue weighted by Gasteiger charge is -2.14. The number of methoxy groups -OCH3 is 3. The molecule has 1 aromatic heterocycles. The summed E-state index contributed by atoms with van der Waals surface area (Å²) in [5.74, 6) is -0.429. The highest BCUT2D eigenvalue weighted by atomic mass is 16.5. The molecule has 2 aromatic carbocycles. The van der Waals surface area contributed by atoms with E-state index in [0.717, 1.165) is 21.8 Å². The van der Waals surface area contributed by atoms with Crippen LogP contribution in [0, 0.1) is 13.8 Å². The molecule has 130 valence electrons. The smallest absolute Gasteiger partial charge is 0.339 e. The standard InChI is InChI=1S/C19H19NO5/c1-9-14-12-8-11(23-3)6-7-13(12)20-17(14)10(2)16(19(22)25-5)15(9)18(21)24-4/h6-8,20H,1-5H3. The summed E-state index contributed by atoms with van der Waals surface area (Å²) in [7, 11) is 4.18. The molecular formula is C19H19NO5. The Morgan fingerprint density at radius 3 is 2.08 bits per heavy atom. The van der Waals surface area contributed by atoms with Crippen molar-refractivity contribution in [2.24, 2.45) is 0 Å². The molecule has 0 aliphatic rings. The number of aromatic nitrogens is 1. The highest BCUT2D eigenvalue weighted by Crippen LogP contribution is 2.37. The van der Waals surface area contributed by atoms with Gasteiger partial charge in [0.1, 0.15) is 5.75 Å². The van der Waals surface area contributed by atoms with Crippen LogP contribution in [0.3, 0.4) is 0 Å². The minimum atomic E-state index is -0.570. The maximum absolute atomic E-state index is 12.4. The molecule has 0 radical (unpaired) electrons. The van der Waals surface area contributed by atoms with Gasteiger partial charge in [-0.15, -0.1) is 0 Å². The number of aromatic amines is 1. The summed E-state index contributed by atoms with van der Waals surface area (Å²) < 4.78 is 15.1. The Hall–Kier alpha value is -3.02. The van der Waals surface area contributed by atoms with Crippen molar-refractivity contribution >= 4 is 33.7 Å². The minimum absolute atomic E-state index is 0.220. The second kappa shape index (κ2) is 6.12. The van der Waals surface area contributed by atoms with Gasteiger partial charge in [-0.05, 0) is 43.2 Å². The normalized spacial score (nSPS) is 10.9. The SMILES string of the molecule is COC(=O)c1c(C(=O)OC)c(C)c2c([nH]c3ccc(OC)cc32)c1C. The largest absolute Gasteiger partial charge is 0.497 e. The first-order valence-corrected chi connectivity index (χ1v) is 7.73. The highest BCUT2D eigenvalue weighted by molar-refractivity contribution is 6.17. The van der Waals surface area contributed by atoms with Gasteiger partial charge in [-0.3, -0.25) is 0 Å². The van der Waals surface area contributed by atoms with E-state index in [1.807, 2.05) is 18.2 Å². The number of esters is 2. The molecule has 0 unspecified atom stereocenters. The summed E-state index contributed by atoms with van der Waals surface area (Å²) in [6, 6.07) is 5.66. The van der Waals surface area contributed by atoms with Gasteiger partial charge in [-0.1, -0.05) is 0 Å². The van der Waals surface area contributed by atoms with E-state index < -0.39 is 11.9 Å². The van der Waals surface area contributed by atoms with Crippen LogP contribution < -0.4 is 4.74 Å². The molecular weight excluding hydrogens is 322 g/mol. The van der Waals surface area contributed by atoms with Gasteiger partial charge >= 0.3 is 11.9 Å². The van der Waals surface area contributed by atoms with Crippen molar-refractivity contribution in [3.63, 3.8) is 0 Å². The molecule has 0 fully saturated rings. The predicted octanol–water partition coefficient (Wildman–Crippen LogP) is 3.52. The summed E-state index contributed by atoms with van der Waals surface area (Å²) in [6.07, 6.45) is 0. The molecule has 1 N–H and O–H groups in total. The Bertz CT molecular complexity index is 1020. The van der Waals surface area contributed by atoms with Crippen LogP contribution in [-0.2, 0) is 9.47 Å². The fourth-order valence-corrected chi connectivity index (χ4v) is 3.31. The van der Waals surface area contributed by atoms with Gasteiger partial charge in [0, 0.05) is 16.3 Å². The molecule has 0 amide bonds. The van der Waals surface area contributed by atoms with E-state index in [2.05, 4.69) is 4.98 Å². The number of fused-ring (bicyclic) bond motifs is 3. The van der Waals surface area contributed by atoms with E-state index >= 15 is 0 Å². The quantitative estimate of drug-likeness (QED) is 0.738. The summed E-state index contributed by atoms with van der Waals surface area (Å²) in [6.45, 7) is 3.58. The molecule has 3 aromatic rings. The lowest BCUT2D eigenvalue weighted by molar-refractivity contribution is 0.0554. The van der Waals surface area contributed by atoms with Crippen molar-refractivity contribution < 1.29 is 23.8 Å². The number of carbonyl (C=O) groups excluding carboxylic acids is 2. The van der Waals surface area contributed by atoms with Crippen LogP contribution in [0.5, 0.6) is 5.75 Å². The van der Waals surface area contributed by atoms with E-state index in [1.54, 1.807) is 21.0 Å². The Morgan fingerprint density at radius 1 is 0.920 bits per heavy atom. The molecule has 25 heavy (non-hydrogen) atoms. The number of H-pyrrole nitrogens is 1. The Balaban J connectivity index is 2.53. The van der Waals surface area contributed by atoms with Crippen LogP contribution in [0.2, 0.25) is 0 Å². The Morgan fingerprint density at radius 2 is 1.52 bits per heavy atom. The summed E-state index contributed by atoms with van der Waals surface area (Å²) in [4.78, 5) is 28.0. The molecule has 0 bridgehead atoms. The molecule has 6 nitrogen and oxygen atoms in total. The molecule has 0 saturated carbocycles. The zero-order valence-corrected chi connectivity index (χ0v) is 14.8. The van der Waals surface area contributed by atoms with Gasteiger partial charge in [0.25, 0.3) is 0 Å². The third-order valence-electron chi connectivity index (χ3n) is 4.53. The molecule has 0 aliphatic heterocycles. The molecule has 3 rings (SSSR count). The fourth-order valence-electron chi connectivity index (χ4n) is 3.31. The van der Waals surface area contributed by atoms with Crippen LogP contribution in [-0.4, -0.2) is 38.3 Å². The molecule has 0 atom stereocenters. The summed E-state index contributed by atoms with van der Waals surface area (Å²) >= 11 is 0. The van der Waals surface area contributed by atoms with Gasteiger partial charge in [0.2, 0.25) is 0 Å². The van der Waals surface area contributed by atoms with Crippen LogP contribution >= 0.6 is 0 Å². The van der Waals surface area contributed by atoms with E-state index in [0.29, 0.717) is 16.9 Å². The average molecular weight is 341 g/mol. The zero-order chi connectivity index (χ0) is 18.3. The zero-order valence-electron chi connectivity index (χ0n) is 14.8. The summed E-state index contributed by atoms with van der Waals surface area (Å²) in [5.41, 5.74) is 3.42. The van der Waals surface area contributed by atoms with Gasteiger partial charge in [-0.25, -0.2) is 9.59 Å². The third kappa shape index (κ3) is 2.41. The minimum Gasteiger partial charge on any atom is -0.497 e. The first-order chi connectivity index (χ1) is 11.9. The van der Waals surface area contributed by atoms with Crippen LogP contribution in [0.1, 0.15) is 31.8 Å². The number of ether oxygens (including phenoxy) is 3. The van der Waals surface area contributed by atoms with Crippen molar-refractivity contribution in [3.05, 3.63) is 40.5 Å². The van der Waals surface area contributed by atoms with Crippen molar-refractivity contribution in [2.75, 3.05) is 21.3 Å². The second-order valence-electron chi connectivity index (χ2n) is 5.77. The number of aryl methyl sites for hydroxylation is 2. The van der Waals surface area contributed by atoms with Crippen LogP contribution in [0.15, 0.2) is 18.2 Å². The van der Waals surface area contributed by atoms with Gasteiger partial charge in [0.05, 0.1) is 38.0 Å². The van der Waals surface area contributed by atoms with Crippen LogP contribution in [0.4, 0.5) is 0 Å². The fraction of sp³-hybridized carbons (Fsp3) is 0.263. The first kappa shape index (κ1) is 16.8. The maximum atomic E-state index is 12.4. The number of rotatable bonds is 3. The van der Waals surface area contributed by atoms with E-state index in [1.165, 1.54) is 14.2 Å². The van der Waals surface area contributed by atoms with Crippen LogP contribution in [0.25, 0.3) is 21.8 Å². The van der Waals surface area contributed by atoms with Gasteiger partial charge in [0.15, 0.2) is 0 Å². The van der Waals surface area contributed by atoms with E-state index in [-0.39, 0.29) is 11.1 Å². The topological polar surface area (TPSA) is 77.6 Å². The van der Waals surface area contributed by atoms with E-state index in [4.69, 9.17) is 14.2 Å². The molecule has 6 heteroatoms. The Kier molecular flexibility index (Phi) is 4.12. The van der Waals surface area contributed by atoms with Crippen molar-refractivity contribution in [1.82, 2.24) is 4.98 Å². The van der Waals surface area contributed by atoms with Crippen molar-refractivity contribution in [2.45, 2.75) is 13.8 Å². The Labute approximate surface area is 144 Å². The number of carbonyl (C=O) groups is 2. The lowest BCUT2D eigenvalue weighted by Crippen LogP contribution is -2.16. The number of hydrogen-bond acceptors (Lipinski definition) is 5. The first-order valence-electron chi connectivity index (χ1n) is 7.73. The molecule has 0 saturated heterocycles. The van der Waals surface area contributed by atoms with Gasteiger partial charge in [-0.2, -0.15) is 0 Å². The predicted molar refractivity (Wildman–Crippen MR) is 94.5 cm³/mol. The average Bonchev–Trinajstić information content (AvgIpc) is 3.02. The molecule has 0 spiro atoms. The third-order valence-corrected chi connectivity index (χ3v) is 4.53. The number of benzene rings is 2. The van der Waals surface area contributed by atoms with E-state index in [9.17, 15) is 9.59 Å². The lowest BCUT2D eigenvalue weighted by atomic mass is 9.92. The monoisotopic (exact) mass is 341 g/mol.